The lowest BCUT2D eigenvalue weighted by Crippen LogP contribution is -2.56. The molecular formula is C13H26N2O3. The molecule has 0 aliphatic carbocycles. The molecule has 0 saturated carbocycles. The Morgan fingerprint density at radius 3 is 2.78 bits per heavy atom. The number of nitrogens with one attached hydrogen (secondary N) is 1. The maximum absolute atomic E-state index is 11.7. The summed E-state index contributed by atoms with van der Waals surface area (Å²) in [5.74, 6) is -0.183. The van der Waals surface area contributed by atoms with Gasteiger partial charge in [-0.3, -0.25) is 9.69 Å². The van der Waals surface area contributed by atoms with Gasteiger partial charge in [-0.2, -0.15) is 0 Å². The molecule has 0 aromatic heterocycles. The van der Waals surface area contributed by atoms with Crippen LogP contribution in [0, 0.1) is 0 Å². The molecule has 0 bridgehead atoms. The van der Waals surface area contributed by atoms with E-state index in [-0.39, 0.29) is 23.7 Å². The van der Waals surface area contributed by atoms with E-state index in [0.29, 0.717) is 13.2 Å². The van der Waals surface area contributed by atoms with E-state index in [1.807, 2.05) is 6.92 Å². The number of morpholine rings is 1. The Labute approximate surface area is 110 Å². The second-order valence-electron chi connectivity index (χ2n) is 5.48. The Morgan fingerprint density at radius 2 is 2.28 bits per heavy atom. The van der Waals surface area contributed by atoms with Crippen LogP contribution in [0.3, 0.4) is 0 Å². The van der Waals surface area contributed by atoms with E-state index < -0.39 is 0 Å². The van der Waals surface area contributed by atoms with Crippen LogP contribution in [0.1, 0.15) is 27.7 Å². The fourth-order valence-electron chi connectivity index (χ4n) is 2.51. The Bertz CT molecular complexity index is 281. The Hall–Kier alpha value is -0.650. The van der Waals surface area contributed by atoms with Crippen LogP contribution in [0.15, 0.2) is 0 Å². The van der Waals surface area contributed by atoms with Gasteiger partial charge in [0.1, 0.15) is 6.04 Å². The van der Waals surface area contributed by atoms with Crippen molar-refractivity contribution >= 4 is 5.97 Å². The van der Waals surface area contributed by atoms with Crippen LogP contribution in [0.5, 0.6) is 0 Å². The van der Waals surface area contributed by atoms with Gasteiger partial charge in [0.2, 0.25) is 0 Å². The third-order valence-electron chi connectivity index (χ3n) is 3.00. The van der Waals surface area contributed by atoms with E-state index >= 15 is 0 Å². The van der Waals surface area contributed by atoms with Crippen LogP contribution >= 0.6 is 0 Å². The molecule has 18 heavy (non-hydrogen) atoms. The van der Waals surface area contributed by atoms with E-state index in [9.17, 15) is 4.79 Å². The first kappa shape index (κ1) is 15.4. The molecule has 1 N–H and O–H groups in total. The molecule has 0 aromatic rings. The number of carbonyl (C=O) groups is 1. The number of rotatable bonds is 5. The van der Waals surface area contributed by atoms with Gasteiger partial charge in [-0.05, 0) is 34.7 Å². The molecule has 1 heterocycles. The quantitative estimate of drug-likeness (QED) is 0.733. The summed E-state index contributed by atoms with van der Waals surface area (Å²) in [4.78, 5) is 14.0. The van der Waals surface area contributed by atoms with Gasteiger partial charge in [-0.15, -0.1) is 0 Å². The monoisotopic (exact) mass is 258 g/mol. The van der Waals surface area contributed by atoms with Crippen molar-refractivity contribution in [3.8, 4) is 0 Å². The topological polar surface area (TPSA) is 50.8 Å². The minimum Gasteiger partial charge on any atom is -0.465 e. The van der Waals surface area contributed by atoms with Gasteiger partial charge >= 0.3 is 5.97 Å². The normalized spacial score (nSPS) is 25.7. The summed E-state index contributed by atoms with van der Waals surface area (Å²) in [7, 11) is 1.79. The van der Waals surface area contributed by atoms with Crippen molar-refractivity contribution in [2.45, 2.75) is 45.4 Å². The molecule has 1 saturated heterocycles. The number of carbonyl (C=O) groups excluding carboxylic acids is 1. The molecular weight excluding hydrogens is 232 g/mol. The van der Waals surface area contributed by atoms with E-state index in [1.54, 1.807) is 7.05 Å². The zero-order valence-electron chi connectivity index (χ0n) is 12.2. The molecule has 2 atom stereocenters. The maximum Gasteiger partial charge on any atom is 0.324 e. The van der Waals surface area contributed by atoms with Crippen molar-refractivity contribution in [2.75, 3.05) is 33.3 Å². The molecule has 106 valence electrons. The molecule has 0 radical (unpaired) electrons. The fourth-order valence-corrected chi connectivity index (χ4v) is 2.51. The van der Waals surface area contributed by atoms with Gasteiger partial charge in [0.15, 0.2) is 0 Å². The highest BCUT2D eigenvalue weighted by Crippen LogP contribution is 2.20. The lowest BCUT2D eigenvalue weighted by atomic mass is 10.0. The summed E-state index contributed by atoms with van der Waals surface area (Å²) in [6.07, 6.45) is 0.188. The highest BCUT2D eigenvalue weighted by Gasteiger charge is 2.33. The second-order valence-corrected chi connectivity index (χ2v) is 5.48. The van der Waals surface area contributed by atoms with Gasteiger partial charge < -0.3 is 14.8 Å². The molecule has 2 unspecified atom stereocenters. The first-order valence-corrected chi connectivity index (χ1v) is 6.62. The smallest absolute Gasteiger partial charge is 0.324 e. The van der Waals surface area contributed by atoms with Crippen molar-refractivity contribution in [3.63, 3.8) is 0 Å². The Kier molecular flexibility index (Phi) is 5.56. The molecule has 1 rings (SSSR count). The zero-order valence-corrected chi connectivity index (χ0v) is 12.2. The Balaban J connectivity index is 2.56. The third kappa shape index (κ3) is 4.55. The Morgan fingerprint density at radius 1 is 1.61 bits per heavy atom. The number of nitrogens with zero attached hydrogens (tertiary/aromatic N) is 1. The molecule has 0 aromatic carbocycles. The second kappa shape index (κ2) is 6.50. The number of esters is 1. The largest absolute Gasteiger partial charge is 0.465 e. The highest BCUT2D eigenvalue weighted by atomic mass is 16.5. The first-order valence-electron chi connectivity index (χ1n) is 6.62. The summed E-state index contributed by atoms with van der Waals surface area (Å²) in [5.41, 5.74) is -0.162. The summed E-state index contributed by atoms with van der Waals surface area (Å²) >= 11 is 0. The first-order chi connectivity index (χ1) is 8.38. The fraction of sp³-hybridized carbons (Fsp3) is 0.923. The van der Waals surface area contributed by atoms with Crippen molar-refractivity contribution < 1.29 is 14.3 Å². The average molecular weight is 258 g/mol. The lowest BCUT2D eigenvalue weighted by molar-refractivity contribution is -0.150. The predicted octanol–water partition coefficient (Wildman–Crippen LogP) is 0.637. The average Bonchev–Trinajstić information content (AvgIpc) is 2.23. The van der Waals surface area contributed by atoms with Gasteiger partial charge in [0.25, 0.3) is 0 Å². The van der Waals surface area contributed by atoms with Crippen LogP contribution in [-0.2, 0) is 14.3 Å². The van der Waals surface area contributed by atoms with E-state index in [0.717, 1.165) is 13.1 Å². The molecule has 5 heteroatoms. The summed E-state index contributed by atoms with van der Waals surface area (Å²) < 4.78 is 10.9. The number of likely N-dealkylation sites (N-methyl/N-ethyl adjacent to an activating group) is 1. The van der Waals surface area contributed by atoms with Gasteiger partial charge in [-0.1, -0.05) is 0 Å². The van der Waals surface area contributed by atoms with E-state index in [1.165, 1.54) is 0 Å². The van der Waals surface area contributed by atoms with Gasteiger partial charge in [0.05, 0.1) is 18.3 Å². The SMILES string of the molecule is CCOC(=O)C(CN1CC(C)OC(C)(C)C1)NC. The van der Waals surface area contributed by atoms with Crippen molar-refractivity contribution in [1.82, 2.24) is 10.2 Å². The molecule has 1 fully saturated rings. The molecule has 1 aliphatic rings. The number of ether oxygens (including phenoxy) is 2. The summed E-state index contributed by atoms with van der Waals surface area (Å²) in [5, 5.41) is 3.02. The number of hydrogen-bond acceptors (Lipinski definition) is 5. The summed E-state index contributed by atoms with van der Waals surface area (Å²) in [6, 6.07) is -0.272. The van der Waals surface area contributed by atoms with Crippen LogP contribution in [-0.4, -0.2) is 61.9 Å². The van der Waals surface area contributed by atoms with Gasteiger partial charge in [0, 0.05) is 19.6 Å². The van der Waals surface area contributed by atoms with Gasteiger partial charge in [-0.25, -0.2) is 0 Å². The lowest BCUT2D eigenvalue weighted by Gasteiger charge is -2.42. The number of hydrogen-bond donors (Lipinski definition) is 1. The standard InChI is InChI=1S/C13H26N2O3/c1-6-17-12(16)11(14-5)8-15-7-10(2)18-13(3,4)9-15/h10-11,14H,6-9H2,1-5H3. The minimum absolute atomic E-state index is 0.162. The van der Waals surface area contributed by atoms with Crippen molar-refractivity contribution in [1.29, 1.82) is 0 Å². The summed E-state index contributed by atoms with van der Waals surface area (Å²) in [6.45, 7) is 10.8. The zero-order chi connectivity index (χ0) is 13.8. The highest BCUT2D eigenvalue weighted by molar-refractivity contribution is 5.76. The third-order valence-corrected chi connectivity index (χ3v) is 3.00. The molecule has 1 aliphatic heterocycles. The van der Waals surface area contributed by atoms with E-state index in [2.05, 4.69) is 31.0 Å². The predicted molar refractivity (Wildman–Crippen MR) is 70.5 cm³/mol. The molecule has 0 spiro atoms. The van der Waals surface area contributed by atoms with Crippen LogP contribution in [0.2, 0.25) is 0 Å². The van der Waals surface area contributed by atoms with Crippen LogP contribution < -0.4 is 5.32 Å². The minimum atomic E-state index is -0.272. The maximum atomic E-state index is 11.7. The van der Waals surface area contributed by atoms with Crippen LogP contribution in [0.25, 0.3) is 0 Å². The van der Waals surface area contributed by atoms with E-state index in [4.69, 9.17) is 9.47 Å². The van der Waals surface area contributed by atoms with Crippen LogP contribution in [0.4, 0.5) is 0 Å². The molecule has 0 amide bonds. The van der Waals surface area contributed by atoms with Crippen molar-refractivity contribution in [2.24, 2.45) is 0 Å². The molecule has 5 nitrogen and oxygen atoms in total. The van der Waals surface area contributed by atoms with Crippen molar-refractivity contribution in [3.05, 3.63) is 0 Å².